The first-order valence-corrected chi connectivity index (χ1v) is 11.5. The van der Waals surface area contributed by atoms with E-state index in [2.05, 4.69) is 56.7 Å². The molecule has 4 aromatic rings. The van der Waals surface area contributed by atoms with Crippen LogP contribution in [-0.2, 0) is 6.54 Å². The van der Waals surface area contributed by atoms with Gasteiger partial charge in [-0.1, -0.05) is 25.1 Å². The predicted octanol–water partition coefficient (Wildman–Crippen LogP) is 3.93. The van der Waals surface area contributed by atoms with E-state index in [1.54, 1.807) is 12.4 Å². The number of hydrogen-bond acceptors (Lipinski definition) is 6. The molecule has 1 fully saturated rings. The van der Waals surface area contributed by atoms with Crippen LogP contribution in [-0.4, -0.2) is 56.5 Å². The molecule has 0 spiro atoms. The van der Waals surface area contributed by atoms with Crippen LogP contribution in [0.25, 0.3) is 21.6 Å². The molecule has 0 atom stereocenters. The molecule has 1 saturated heterocycles. The third kappa shape index (κ3) is 3.79. The van der Waals surface area contributed by atoms with E-state index in [1.165, 1.54) is 22.2 Å². The average Bonchev–Trinajstić information content (AvgIpc) is 3.45. The van der Waals surface area contributed by atoms with E-state index in [9.17, 15) is 4.79 Å². The van der Waals surface area contributed by atoms with Crippen LogP contribution < -0.4 is 4.90 Å². The Morgan fingerprint density at radius 2 is 1.84 bits per heavy atom. The third-order valence-electron chi connectivity index (χ3n) is 5.60. The molecule has 0 aliphatic carbocycles. The maximum absolute atomic E-state index is 13.1. The number of thiazole rings is 1. The summed E-state index contributed by atoms with van der Waals surface area (Å²) in [7, 11) is 0. The fourth-order valence-corrected chi connectivity index (χ4v) is 4.89. The van der Waals surface area contributed by atoms with Gasteiger partial charge in [0, 0.05) is 61.4 Å². The van der Waals surface area contributed by atoms with Crippen molar-refractivity contribution in [1.29, 1.82) is 0 Å². The molecule has 158 valence electrons. The zero-order valence-corrected chi connectivity index (χ0v) is 18.3. The molecule has 0 N–H and O–H groups in total. The number of benzene rings is 1. The Bertz CT molecular complexity index is 1190. The fourth-order valence-electron chi connectivity index (χ4n) is 4.07. The molecule has 1 aliphatic rings. The molecule has 7 nitrogen and oxygen atoms in total. The van der Waals surface area contributed by atoms with Crippen molar-refractivity contribution in [2.45, 2.75) is 19.9 Å². The van der Waals surface area contributed by atoms with Crippen LogP contribution >= 0.6 is 11.3 Å². The van der Waals surface area contributed by atoms with Gasteiger partial charge in [-0.25, -0.2) is 15.0 Å². The van der Waals surface area contributed by atoms with Gasteiger partial charge in [0.25, 0.3) is 5.91 Å². The van der Waals surface area contributed by atoms with Crippen molar-refractivity contribution in [3.05, 3.63) is 59.9 Å². The number of aryl methyl sites for hydroxylation is 1. The minimum atomic E-state index is -0.00529. The lowest BCUT2D eigenvalue weighted by Gasteiger charge is -2.34. The lowest BCUT2D eigenvalue weighted by molar-refractivity contribution is 0.0741. The highest BCUT2D eigenvalue weighted by Gasteiger charge is 2.25. The van der Waals surface area contributed by atoms with Gasteiger partial charge in [0.2, 0.25) is 5.95 Å². The lowest BCUT2D eigenvalue weighted by atomic mass is 10.2. The summed E-state index contributed by atoms with van der Waals surface area (Å²) in [4.78, 5) is 30.4. The van der Waals surface area contributed by atoms with Gasteiger partial charge in [-0.05, 0) is 24.6 Å². The molecule has 1 amide bonds. The van der Waals surface area contributed by atoms with Crippen molar-refractivity contribution in [2.75, 3.05) is 31.1 Å². The topological polar surface area (TPSA) is 67.2 Å². The number of anilines is 1. The largest absolute Gasteiger partial charge is 0.339 e. The molecule has 8 heteroatoms. The Labute approximate surface area is 185 Å². The summed E-state index contributed by atoms with van der Waals surface area (Å²) in [5.41, 5.74) is 2.82. The van der Waals surface area contributed by atoms with Crippen molar-refractivity contribution in [2.24, 2.45) is 0 Å². The van der Waals surface area contributed by atoms with Crippen molar-refractivity contribution in [1.82, 2.24) is 24.4 Å². The zero-order chi connectivity index (χ0) is 21.2. The van der Waals surface area contributed by atoms with Crippen molar-refractivity contribution in [3.63, 3.8) is 0 Å². The summed E-state index contributed by atoms with van der Waals surface area (Å²) < 4.78 is 2.31. The maximum Gasteiger partial charge on any atom is 0.273 e. The Balaban J connectivity index is 1.34. The first-order chi connectivity index (χ1) is 15.2. The molecule has 0 bridgehead atoms. The second kappa shape index (κ2) is 8.47. The number of aromatic nitrogens is 4. The molecule has 3 aromatic heterocycles. The summed E-state index contributed by atoms with van der Waals surface area (Å²) in [5.74, 6) is 0.712. The fraction of sp³-hybridized carbons (Fsp3) is 0.304. The van der Waals surface area contributed by atoms with Crippen molar-refractivity contribution < 1.29 is 4.79 Å². The number of hydrogen-bond donors (Lipinski definition) is 0. The molecule has 0 saturated carbocycles. The molecular formula is C23H24N6OS. The normalized spacial score (nSPS) is 14.4. The summed E-state index contributed by atoms with van der Waals surface area (Å²) in [5, 5.41) is 3.98. The van der Waals surface area contributed by atoms with E-state index in [1.807, 2.05) is 16.3 Å². The van der Waals surface area contributed by atoms with Crippen LogP contribution in [0.3, 0.4) is 0 Å². The van der Waals surface area contributed by atoms with E-state index in [0.29, 0.717) is 24.7 Å². The van der Waals surface area contributed by atoms with Crippen LogP contribution in [0.5, 0.6) is 0 Å². The van der Waals surface area contributed by atoms with E-state index < -0.39 is 0 Å². The van der Waals surface area contributed by atoms with Gasteiger partial charge in [0.1, 0.15) is 10.7 Å². The van der Waals surface area contributed by atoms with Crippen LogP contribution in [0.4, 0.5) is 5.95 Å². The van der Waals surface area contributed by atoms with Gasteiger partial charge >= 0.3 is 0 Å². The summed E-state index contributed by atoms with van der Waals surface area (Å²) in [6, 6.07) is 12.4. The van der Waals surface area contributed by atoms with E-state index in [0.717, 1.165) is 36.8 Å². The molecule has 1 aromatic carbocycles. The number of carbonyl (C=O) groups is 1. The van der Waals surface area contributed by atoms with Gasteiger partial charge in [-0.15, -0.1) is 11.3 Å². The number of carbonyl (C=O) groups excluding carboxylic acids is 1. The number of amides is 1. The smallest absolute Gasteiger partial charge is 0.273 e. The number of para-hydroxylation sites is 1. The highest BCUT2D eigenvalue weighted by atomic mass is 32.1. The monoisotopic (exact) mass is 432 g/mol. The molecular weight excluding hydrogens is 408 g/mol. The van der Waals surface area contributed by atoms with Gasteiger partial charge in [-0.2, -0.15) is 0 Å². The number of rotatable bonds is 5. The van der Waals surface area contributed by atoms with Gasteiger partial charge in [0.15, 0.2) is 0 Å². The van der Waals surface area contributed by atoms with Gasteiger partial charge < -0.3 is 14.4 Å². The second-order valence-electron chi connectivity index (χ2n) is 7.61. The Morgan fingerprint density at radius 3 is 2.61 bits per heavy atom. The third-order valence-corrected chi connectivity index (χ3v) is 6.47. The van der Waals surface area contributed by atoms with Gasteiger partial charge in [-0.3, -0.25) is 4.79 Å². The summed E-state index contributed by atoms with van der Waals surface area (Å²) in [6.07, 6.45) is 4.53. The lowest BCUT2D eigenvalue weighted by Crippen LogP contribution is -2.49. The Hall–Kier alpha value is -3.26. The van der Waals surface area contributed by atoms with E-state index in [-0.39, 0.29) is 5.91 Å². The van der Waals surface area contributed by atoms with Crippen molar-refractivity contribution >= 4 is 34.1 Å². The first kappa shape index (κ1) is 19.7. The SMILES string of the molecule is CCCn1c(-c2nc(C(=O)N3CCN(c4ncccn4)CC3)cs2)cc2ccccc21. The Kier molecular flexibility index (Phi) is 5.38. The molecule has 4 heterocycles. The van der Waals surface area contributed by atoms with Crippen molar-refractivity contribution in [3.8, 4) is 10.7 Å². The van der Waals surface area contributed by atoms with E-state index in [4.69, 9.17) is 4.98 Å². The maximum atomic E-state index is 13.1. The van der Waals surface area contributed by atoms with Crippen LogP contribution in [0, 0.1) is 0 Å². The minimum Gasteiger partial charge on any atom is -0.339 e. The molecule has 5 rings (SSSR count). The first-order valence-electron chi connectivity index (χ1n) is 10.6. The standard InChI is InChI=1S/C23H24N6OS/c1-2-10-29-19-7-4-3-6-17(19)15-20(29)21-26-18(16-31-21)22(30)27-11-13-28(14-12-27)23-24-8-5-9-25-23/h3-9,15-16H,2,10-14H2,1H3. The molecule has 0 radical (unpaired) electrons. The quantitative estimate of drug-likeness (QED) is 0.478. The zero-order valence-electron chi connectivity index (χ0n) is 17.4. The number of piperazine rings is 1. The number of nitrogens with zero attached hydrogens (tertiary/aromatic N) is 6. The molecule has 31 heavy (non-hydrogen) atoms. The molecule has 0 unspecified atom stereocenters. The summed E-state index contributed by atoms with van der Waals surface area (Å²) in [6.45, 7) is 5.82. The van der Waals surface area contributed by atoms with Crippen LogP contribution in [0.15, 0.2) is 54.2 Å². The average molecular weight is 433 g/mol. The van der Waals surface area contributed by atoms with Gasteiger partial charge in [0.05, 0.1) is 5.69 Å². The highest BCUT2D eigenvalue weighted by molar-refractivity contribution is 7.13. The summed E-state index contributed by atoms with van der Waals surface area (Å²) >= 11 is 1.54. The highest BCUT2D eigenvalue weighted by Crippen LogP contribution is 2.31. The second-order valence-corrected chi connectivity index (χ2v) is 8.46. The van der Waals surface area contributed by atoms with Crippen LogP contribution in [0.2, 0.25) is 0 Å². The van der Waals surface area contributed by atoms with E-state index >= 15 is 0 Å². The minimum absolute atomic E-state index is 0.00529. The number of fused-ring (bicyclic) bond motifs is 1. The predicted molar refractivity (Wildman–Crippen MR) is 123 cm³/mol. The molecule has 1 aliphatic heterocycles. The Morgan fingerprint density at radius 1 is 1.06 bits per heavy atom. The van der Waals surface area contributed by atoms with Crippen LogP contribution in [0.1, 0.15) is 23.8 Å².